The summed E-state index contributed by atoms with van der Waals surface area (Å²) in [5, 5.41) is 3.52. The summed E-state index contributed by atoms with van der Waals surface area (Å²) in [6, 6.07) is 0.426. The molecule has 1 saturated carbocycles. The molecule has 1 aliphatic heterocycles. The molecule has 86 valence electrons. The van der Waals surface area contributed by atoms with Gasteiger partial charge in [-0.2, -0.15) is 0 Å². The van der Waals surface area contributed by atoms with E-state index in [2.05, 4.69) is 31.0 Å². The molecular weight excluding hydrogens is 188 g/mol. The number of hydrogen-bond donors (Lipinski definition) is 1. The molecule has 1 amide bonds. The fraction of sp³-hybridized carbons (Fsp3) is 0.917. The Morgan fingerprint density at radius 3 is 2.40 bits per heavy atom. The van der Waals surface area contributed by atoms with Crippen LogP contribution >= 0.6 is 0 Å². The van der Waals surface area contributed by atoms with Crippen molar-refractivity contribution in [1.29, 1.82) is 0 Å². The van der Waals surface area contributed by atoms with Crippen LogP contribution in [0.25, 0.3) is 0 Å². The first kappa shape index (κ1) is 10.9. The van der Waals surface area contributed by atoms with Crippen LogP contribution in [0.3, 0.4) is 0 Å². The van der Waals surface area contributed by atoms with Crippen LogP contribution in [-0.2, 0) is 4.79 Å². The number of amides is 1. The lowest BCUT2D eigenvalue weighted by Crippen LogP contribution is -2.43. The molecule has 3 heteroatoms. The maximum Gasteiger partial charge on any atom is 0.244 e. The van der Waals surface area contributed by atoms with Crippen molar-refractivity contribution in [3.05, 3.63) is 0 Å². The Morgan fingerprint density at radius 2 is 2.00 bits per heavy atom. The summed E-state index contributed by atoms with van der Waals surface area (Å²) >= 11 is 0. The van der Waals surface area contributed by atoms with Gasteiger partial charge < -0.3 is 4.90 Å². The first-order valence-corrected chi connectivity index (χ1v) is 6.29. The van der Waals surface area contributed by atoms with Crippen molar-refractivity contribution in [3.8, 4) is 0 Å². The molecule has 0 aromatic rings. The number of carbonyl (C=O) groups is 1. The summed E-state index contributed by atoms with van der Waals surface area (Å²) in [4.78, 5) is 14.4. The van der Waals surface area contributed by atoms with Gasteiger partial charge in [0.15, 0.2) is 0 Å². The second kappa shape index (κ2) is 3.78. The molecule has 1 atom stereocenters. The van der Waals surface area contributed by atoms with Gasteiger partial charge in [-0.25, -0.2) is 0 Å². The third-order valence-electron chi connectivity index (χ3n) is 3.90. The summed E-state index contributed by atoms with van der Waals surface area (Å²) in [5.41, 5.74) is -0.136. The van der Waals surface area contributed by atoms with Crippen molar-refractivity contribution in [2.24, 2.45) is 0 Å². The lowest BCUT2D eigenvalue weighted by Gasteiger charge is -2.31. The first-order chi connectivity index (χ1) is 7.18. The largest absolute Gasteiger partial charge is 0.323 e. The molecule has 0 aromatic heterocycles. The molecule has 2 fully saturated rings. The van der Waals surface area contributed by atoms with Gasteiger partial charge >= 0.3 is 0 Å². The molecule has 1 aliphatic carbocycles. The van der Waals surface area contributed by atoms with E-state index >= 15 is 0 Å². The quantitative estimate of drug-likeness (QED) is 0.768. The fourth-order valence-corrected chi connectivity index (χ4v) is 2.72. The Bertz CT molecular complexity index is 256. The normalized spacial score (nSPS) is 28.1. The summed E-state index contributed by atoms with van der Waals surface area (Å²) in [6.07, 6.45) is 5.51. The van der Waals surface area contributed by atoms with Crippen molar-refractivity contribution in [3.63, 3.8) is 0 Å². The van der Waals surface area contributed by atoms with Crippen molar-refractivity contribution in [2.75, 3.05) is 0 Å². The van der Waals surface area contributed by atoms with Crippen LogP contribution in [0.4, 0.5) is 0 Å². The number of carbonyl (C=O) groups excluding carboxylic acids is 1. The average Bonchev–Trinajstić information content (AvgIpc) is 2.97. The van der Waals surface area contributed by atoms with Gasteiger partial charge in [0.1, 0.15) is 0 Å². The molecule has 0 radical (unpaired) electrons. The Balaban J connectivity index is 2.17. The lowest BCUT2D eigenvalue weighted by atomic mass is 10.1. The second-order valence-electron chi connectivity index (χ2n) is 4.83. The van der Waals surface area contributed by atoms with Crippen molar-refractivity contribution in [2.45, 2.75) is 70.6 Å². The number of hydrogen-bond acceptors (Lipinski definition) is 2. The maximum absolute atomic E-state index is 12.3. The zero-order valence-electron chi connectivity index (χ0n) is 10.0. The molecule has 1 unspecified atom stereocenters. The molecule has 2 aliphatic rings. The van der Waals surface area contributed by atoms with Crippen molar-refractivity contribution < 1.29 is 4.79 Å². The van der Waals surface area contributed by atoms with Gasteiger partial charge in [-0.1, -0.05) is 20.8 Å². The molecule has 15 heavy (non-hydrogen) atoms. The van der Waals surface area contributed by atoms with E-state index in [0.29, 0.717) is 11.9 Å². The molecule has 2 rings (SSSR count). The minimum absolute atomic E-state index is 0.136. The zero-order valence-corrected chi connectivity index (χ0v) is 10.0. The van der Waals surface area contributed by atoms with Gasteiger partial charge in [0.05, 0.1) is 11.7 Å². The van der Waals surface area contributed by atoms with E-state index in [9.17, 15) is 4.79 Å². The van der Waals surface area contributed by atoms with E-state index < -0.39 is 0 Å². The molecular formula is C12H22N2O. The fourth-order valence-electron chi connectivity index (χ4n) is 2.72. The summed E-state index contributed by atoms with van der Waals surface area (Å²) in [6.45, 7) is 6.50. The van der Waals surface area contributed by atoms with Gasteiger partial charge in [-0.3, -0.25) is 10.1 Å². The maximum atomic E-state index is 12.3. The monoisotopic (exact) mass is 210 g/mol. The minimum Gasteiger partial charge on any atom is -0.323 e. The number of nitrogens with zero attached hydrogens (tertiary/aromatic N) is 1. The predicted molar refractivity (Wildman–Crippen MR) is 60.4 cm³/mol. The van der Waals surface area contributed by atoms with E-state index in [1.165, 1.54) is 0 Å². The molecule has 1 N–H and O–H groups in total. The van der Waals surface area contributed by atoms with Gasteiger partial charge in [0.25, 0.3) is 0 Å². The van der Waals surface area contributed by atoms with Crippen LogP contribution in [0.2, 0.25) is 0 Å². The standard InChI is InChI=1S/C12H22N2O/c1-4-9(5-2)14-10(6-3)13-12(7-8-12)11(14)15/h9-10,13H,4-8H2,1-3H3. The smallest absolute Gasteiger partial charge is 0.244 e. The molecule has 1 heterocycles. The SMILES string of the molecule is CCC(CC)N1C(=O)C2(CC2)NC1CC. The summed E-state index contributed by atoms with van der Waals surface area (Å²) in [5.74, 6) is 0.364. The highest BCUT2D eigenvalue weighted by Gasteiger charge is 2.59. The number of rotatable bonds is 4. The topological polar surface area (TPSA) is 32.3 Å². The highest BCUT2D eigenvalue weighted by atomic mass is 16.2. The molecule has 3 nitrogen and oxygen atoms in total. The molecule has 0 aromatic carbocycles. The molecule has 0 bridgehead atoms. The highest BCUT2D eigenvalue weighted by molar-refractivity contribution is 5.92. The van der Waals surface area contributed by atoms with Crippen molar-refractivity contribution in [1.82, 2.24) is 10.2 Å². The third-order valence-corrected chi connectivity index (χ3v) is 3.90. The summed E-state index contributed by atoms with van der Waals surface area (Å²) < 4.78 is 0. The van der Waals surface area contributed by atoms with Crippen molar-refractivity contribution >= 4 is 5.91 Å². The first-order valence-electron chi connectivity index (χ1n) is 6.29. The minimum atomic E-state index is -0.136. The predicted octanol–water partition coefficient (Wildman–Crippen LogP) is 1.88. The Morgan fingerprint density at radius 1 is 1.40 bits per heavy atom. The van der Waals surface area contributed by atoms with Crippen LogP contribution in [0, 0.1) is 0 Å². The summed E-state index contributed by atoms with van der Waals surface area (Å²) in [7, 11) is 0. The van der Waals surface area contributed by atoms with Gasteiger partial charge in [-0.05, 0) is 32.1 Å². The van der Waals surface area contributed by atoms with Crippen LogP contribution in [0.15, 0.2) is 0 Å². The Hall–Kier alpha value is -0.570. The van der Waals surface area contributed by atoms with Crippen LogP contribution in [0.1, 0.15) is 52.9 Å². The van der Waals surface area contributed by atoms with E-state index in [-0.39, 0.29) is 11.7 Å². The van der Waals surface area contributed by atoms with E-state index in [0.717, 1.165) is 32.1 Å². The van der Waals surface area contributed by atoms with Gasteiger partial charge in [0.2, 0.25) is 5.91 Å². The van der Waals surface area contributed by atoms with Crippen LogP contribution < -0.4 is 5.32 Å². The highest BCUT2D eigenvalue weighted by Crippen LogP contribution is 2.43. The van der Waals surface area contributed by atoms with Crippen LogP contribution in [-0.4, -0.2) is 28.6 Å². The Labute approximate surface area is 92.2 Å². The Kier molecular flexibility index (Phi) is 2.75. The second-order valence-corrected chi connectivity index (χ2v) is 4.83. The molecule has 1 saturated heterocycles. The average molecular weight is 210 g/mol. The zero-order chi connectivity index (χ0) is 11.1. The van der Waals surface area contributed by atoms with E-state index in [1.807, 2.05) is 0 Å². The van der Waals surface area contributed by atoms with E-state index in [4.69, 9.17) is 0 Å². The van der Waals surface area contributed by atoms with Gasteiger partial charge in [0, 0.05) is 6.04 Å². The van der Waals surface area contributed by atoms with Gasteiger partial charge in [-0.15, -0.1) is 0 Å². The van der Waals surface area contributed by atoms with Crippen LogP contribution in [0.5, 0.6) is 0 Å². The third kappa shape index (κ3) is 1.57. The number of nitrogens with one attached hydrogen (secondary N) is 1. The lowest BCUT2D eigenvalue weighted by molar-refractivity contribution is -0.133. The molecule has 1 spiro atoms. The van der Waals surface area contributed by atoms with E-state index in [1.54, 1.807) is 0 Å².